The second kappa shape index (κ2) is 7.57. The number of carbonyl (C=O) groups is 1. The molecule has 3 rings (SSSR count). The van der Waals surface area contributed by atoms with Crippen LogP contribution in [0.1, 0.15) is 27.7 Å². The molecule has 0 N–H and O–H groups in total. The van der Waals surface area contributed by atoms with Gasteiger partial charge in [-0.05, 0) is 31.5 Å². The van der Waals surface area contributed by atoms with Crippen LogP contribution in [0.5, 0.6) is 0 Å². The molecule has 134 valence electrons. The zero-order valence-electron chi connectivity index (χ0n) is 13.8. The lowest BCUT2D eigenvalue weighted by atomic mass is 10.2. The number of carbonyl (C=O) groups excluding carboxylic acids is 1. The predicted molar refractivity (Wildman–Crippen MR) is 104 cm³/mol. The topological polar surface area (TPSA) is 73.5 Å². The smallest absolute Gasteiger partial charge is 0.348 e. The molecule has 6 nitrogen and oxygen atoms in total. The minimum absolute atomic E-state index is 0.260. The van der Waals surface area contributed by atoms with Crippen LogP contribution in [0.4, 0.5) is 0 Å². The van der Waals surface area contributed by atoms with E-state index in [4.69, 9.17) is 27.9 Å². The summed E-state index contributed by atoms with van der Waals surface area (Å²) in [6.45, 7) is 3.68. The van der Waals surface area contributed by atoms with Crippen molar-refractivity contribution < 1.29 is 9.53 Å². The van der Waals surface area contributed by atoms with Gasteiger partial charge in [0.25, 0.3) is 5.56 Å². The summed E-state index contributed by atoms with van der Waals surface area (Å²) in [5.41, 5.74) is 0.771. The van der Waals surface area contributed by atoms with Gasteiger partial charge in [0.15, 0.2) is 0 Å². The van der Waals surface area contributed by atoms with Crippen LogP contribution in [-0.4, -0.2) is 28.5 Å². The number of ether oxygens (including phenoxy) is 1. The highest BCUT2D eigenvalue weighted by atomic mass is 35.5. The number of aromatic nitrogens is 2. The fourth-order valence-corrected chi connectivity index (χ4v) is 3.81. The lowest BCUT2D eigenvalue weighted by Crippen LogP contribution is -2.17. The van der Waals surface area contributed by atoms with Gasteiger partial charge in [-0.3, -0.25) is 4.79 Å². The summed E-state index contributed by atoms with van der Waals surface area (Å²) in [6.07, 6.45) is 2.75. The van der Waals surface area contributed by atoms with E-state index in [9.17, 15) is 9.59 Å². The van der Waals surface area contributed by atoms with Crippen LogP contribution in [0.25, 0.3) is 10.2 Å². The van der Waals surface area contributed by atoms with Gasteiger partial charge in [-0.1, -0.05) is 29.3 Å². The van der Waals surface area contributed by atoms with Crippen molar-refractivity contribution in [2.75, 3.05) is 6.61 Å². The summed E-state index contributed by atoms with van der Waals surface area (Å²) in [6, 6.07) is 4.96. The van der Waals surface area contributed by atoms with Crippen molar-refractivity contribution in [3.05, 3.63) is 60.9 Å². The Bertz CT molecular complexity index is 1090. The fourth-order valence-electron chi connectivity index (χ4n) is 2.32. The van der Waals surface area contributed by atoms with E-state index in [2.05, 4.69) is 10.1 Å². The first-order chi connectivity index (χ1) is 12.4. The minimum atomic E-state index is -0.463. The molecule has 0 fully saturated rings. The first-order valence-corrected chi connectivity index (χ1v) is 9.17. The molecule has 0 spiro atoms. The summed E-state index contributed by atoms with van der Waals surface area (Å²) < 4.78 is 6.12. The highest BCUT2D eigenvalue weighted by Gasteiger charge is 2.20. The number of esters is 1. The molecule has 0 saturated heterocycles. The van der Waals surface area contributed by atoms with Crippen molar-refractivity contribution in [2.24, 2.45) is 5.10 Å². The lowest BCUT2D eigenvalue weighted by molar-refractivity contribution is 0.0531. The molecule has 0 aliphatic carbocycles. The maximum absolute atomic E-state index is 12.7. The molecule has 0 radical (unpaired) electrons. The third kappa shape index (κ3) is 3.51. The van der Waals surface area contributed by atoms with E-state index in [1.54, 1.807) is 32.0 Å². The van der Waals surface area contributed by atoms with Crippen LogP contribution in [0.2, 0.25) is 10.0 Å². The second-order valence-corrected chi connectivity index (χ2v) is 7.10. The molecule has 9 heteroatoms. The number of nitrogens with zero attached hydrogens (tertiary/aromatic N) is 3. The van der Waals surface area contributed by atoms with Crippen molar-refractivity contribution in [3.63, 3.8) is 0 Å². The summed E-state index contributed by atoms with van der Waals surface area (Å²) in [4.78, 5) is 29.8. The van der Waals surface area contributed by atoms with Gasteiger partial charge in [0.05, 0.1) is 23.2 Å². The average molecular weight is 410 g/mol. The molecule has 3 aromatic rings. The molecule has 0 saturated carbocycles. The highest BCUT2D eigenvalue weighted by molar-refractivity contribution is 7.20. The molecule has 0 unspecified atom stereocenters. The van der Waals surface area contributed by atoms with Gasteiger partial charge in [-0.2, -0.15) is 9.78 Å². The fraction of sp³-hybridized carbons (Fsp3) is 0.176. The number of hydrogen-bond donors (Lipinski definition) is 0. The van der Waals surface area contributed by atoms with Crippen molar-refractivity contribution in [1.29, 1.82) is 0 Å². The van der Waals surface area contributed by atoms with Gasteiger partial charge in [-0.25, -0.2) is 9.78 Å². The van der Waals surface area contributed by atoms with E-state index in [1.165, 1.54) is 12.5 Å². The van der Waals surface area contributed by atoms with Gasteiger partial charge >= 0.3 is 5.97 Å². The average Bonchev–Trinajstić information content (AvgIpc) is 2.93. The number of thiophene rings is 1. The number of fused-ring (bicyclic) bond motifs is 1. The molecule has 0 bridgehead atoms. The van der Waals surface area contributed by atoms with Crippen molar-refractivity contribution >= 4 is 56.9 Å². The molecule has 2 heterocycles. The largest absolute Gasteiger partial charge is 0.462 e. The van der Waals surface area contributed by atoms with Gasteiger partial charge in [0.1, 0.15) is 16.0 Å². The number of hydrogen-bond acceptors (Lipinski definition) is 6. The SMILES string of the molecule is CCOC(=O)c1sc2ncn(/N=C/c3ccc(Cl)cc3Cl)c(=O)c2c1C. The van der Waals surface area contributed by atoms with Crippen molar-refractivity contribution in [3.8, 4) is 0 Å². The van der Waals surface area contributed by atoms with Gasteiger partial charge < -0.3 is 4.74 Å². The summed E-state index contributed by atoms with van der Waals surface area (Å²) in [5.74, 6) is -0.463. The molecular weight excluding hydrogens is 397 g/mol. The lowest BCUT2D eigenvalue weighted by Gasteiger charge is -2.01. The summed E-state index contributed by atoms with van der Waals surface area (Å²) >= 11 is 13.1. The number of rotatable bonds is 4. The Morgan fingerprint density at radius 2 is 2.19 bits per heavy atom. The Balaban J connectivity index is 2.04. The third-order valence-electron chi connectivity index (χ3n) is 3.58. The van der Waals surface area contributed by atoms with Gasteiger partial charge in [-0.15, -0.1) is 11.3 Å². The van der Waals surface area contributed by atoms with E-state index >= 15 is 0 Å². The Morgan fingerprint density at radius 3 is 2.88 bits per heavy atom. The van der Waals surface area contributed by atoms with Crippen LogP contribution >= 0.6 is 34.5 Å². The van der Waals surface area contributed by atoms with Crippen LogP contribution in [0.15, 0.2) is 34.4 Å². The third-order valence-corrected chi connectivity index (χ3v) is 5.32. The van der Waals surface area contributed by atoms with Crippen LogP contribution < -0.4 is 5.56 Å². The molecule has 26 heavy (non-hydrogen) atoms. The Hall–Kier alpha value is -2.22. The first kappa shape index (κ1) is 18.6. The zero-order valence-corrected chi connectivity index (χ0v) is 16.2. The van der Waals surface area contributed by atoms with Gasteiger partial charge in [0.2, 0.25) is 0 Å². The summed E-state index contributed by atoms with van der Waals surface area (Å²) in [7, 11) is 0. The van der Waals surface area contributed by atoms with Crippen molar-refractivity contribution in [1.82, 2.24) is 9.66 Å². The predicted octanol–water partition coefficient (Wildman–Crippen LogP) is 4.13. The zero-order chi connectivity index (χ0) is 18.8. The monoisotopic (exact) mass is 409 g/mol. The van der Waals surface area contributed by atoms with Crippen molar-refractivity contribution in [2.45, 2.75) is 13.8 Å². The Kier molecular flexibility index (Phi) is 5.41. The normalized spacial score (nSPS) is 11.4. The Labute approximate surface area is 162 Å². The molecular formula is C17H13Cl2N3O3S. The van der Waals surface area contributed by atoms with Crippen LogP contribution in [0.3, 0.4) is 0 Å². The van der Waals surface area contributed by atoms with E-state index in [0.717, 1.165) is 16.0 Å². The van der Waals surface area contributed by atoms with Gasteiger partial charge in [0, 0.05) is 10.6 Å². The minimum Gasteiger partial charge on any atom is -0.462 e. The molecule has 0 amide bonds. The van der Waals surface area contributed by atoms with E-state index < -0.39 is 5.97 Å². The van der Waals surface area contributed by atoms with Crippen LogP contribution in [-0.2, 0) is 4.74 Å². The highest BCUT2D eigenvalue weighted by Crippen LogP contribution is 2.27. The number of halogens is 2. The molecule has 2 aromatic heterocycles. The maximum Gasteiger partial charge on any atom is 0.348 e. The van der Waals surface area contributed by atoms with Crippen LogP contribution in [0, 0.1) is 6.92 Å². The number of benzene rings is 1. The maximum atomic E-state index is 12.7. The van der Waals surface area contributed by atoms with E-state index in [0.29, 0.717) is 36.3 Å². The first-order valence-electron chi connectivity index (χ1n) is 7.59. The molecule has 1 aromatic carbocycles. The summed E-state index contributed by atoms with van der Waals surface area (Å²) in [5, 5.41) is 5.40. The van der Waals surface area contributed by atoms with E-state index in [1.807, 2.05) is 0 Å². The second-order valence-electron chi connectivity index (χ2n) is 5.26. The molecule has 0 aliphatic rings. The molecule has 0 aliphatic heterocycles. The Morgan fingerprint density at radius 1 is 1.42 bits per heavy atom. The quantitative estimate of drug-likeness (QED) is 0.479. The number of aryl methyl sites for hydroxylation is 1. The molecule has 0 atom stereocenters. The van der Waals surface area contributed by atoms with E-state index in [-0.39, 0.29) is 12.2 Å². The standard InChI is InChI=1S/C17H13Cl2N3O3S/c1-3-25-17(24)14-9(2)13-15(26-14)20-8-22(16(13)23)21-7-10-4-5-11(18)6-12(10)19/h4-8H,3H2,1-2H3/b21-7+.